The summed E-state index contributed by atoms with van der Waals surface area (Å²) >= 11 is 0. The summed E-state index contributed by atoms with van der Waals surface area (Å²) in [7, 11) is 1.80. The van der Waals surface area contributed by atoms with Crippen molar-refractivity contribution in [1.29, 1.82) is 0 Å². The van der Waals surface area contributed by atoms with Crippen molar-refractivity contribution in [3.63, 3.8) is 0 Å². The fourth-order valence-electron chi connectivity index (χ4n) is 3.27. The first-order valence-electron chi connectivity index (χ1n) is 8.32. The number of aryl methyl sites for hydroxylation is 1. The van der Waals surface area contributed by atoms with E-state index in [1.165, 1.54) is 6.92 Å². The second-order valence-electron chi connectivity index (χ2n) is 6.84. The highest BCUT2D eigenvalue weighted by Crippen LogP contribution is 2.31. The Bertz CT molecular complexity index is 983. The van der Waals surface area contributed by atoms with Crippen LogP contribution >= 0.6 is 0 Å². The van der Waals surface area contributed by atoms with Crippen LogP contribution in [0.3, 0.4) is 0 Å². The monoisotopic (exact) mass is 375 g/mol. The van der Waals surface area contributed by atoms with E-state index in [0.717, 1.165) is 28.8 Å². The molecule has 1 fully saturated rings. The normalized spacial score (nSPS) is 19.6. The van der Waals surface area contributed by atoms with Crippen LogP contribution in [0.15, 0.2) is 24.3 Å². The average Bonchev–Trinajstić information content (AvgIpc) is 2.99. The van der Waals surface area contributed by atoms with Gasteiger partial charge in [-0.1, -0.05) is 0 Å². The molecule has 2 heterocycles. The molecule has 1 aliphatic rings. The molecule has 1 aromatic heterocycles. The molecule has 1 saturated heterocycles. The summed E-state index contributed by atoms with van der Waals surface area (Å²) in [6.45, 7) is 4.40. The first-order valence-corrected chi connectivity index (χ1v) is 8.32. The number of rotatable bonds is 4. The number of halogens is 2. The Kier molecular flexibility index (Phi) is 4.37. The Balaban J connectivity index is 1.91. The smallest absolute Gasteiger partial charge is 0.325 e. The molecule has 0 spiro atoms. The van der Waals surface area contributed by atoms with Gasteiger partial charge in [0.1, 0.15) is 17.2 Å². The molecule has 6 nitrogen and oxygen atoms in total. The molecular formula is C19H19F2N3O3. The van der Waals surface area contributed by atoms with E-state index in [1.807, 2.05) is 11.5 Å². The number of benzene rings is 1. The van der Waals surface area contributed by atoms with Crippen molar-refractivity contribution >= 4 is 17.7 Å². The van der Waals surface area contributed by atoms with E-state index in [-0.39, 0.29) is 5.56 Å². The molecule has 142 valence electrons. The fraction of sp³-hybridized carbons (Fsp3) is 0.316. The van der Waals surface area contributed by atoms with Gasteiger partial charge in [0.05, 0.1) is 6.54 Å². The Morgan fingerprint density at radius 2 is 1.85 bits per heavy atom. The summed E-state index contributed by atoms with van der Waals surface area (Å²) in [6.07, 6.45) is 0. The van der Waals surface area contributed by atoms with Gasteiger partial charge >= 0.3 is 6.03 Å². The van der Waals surface area contributed by atoms with E-state index in [9.17, 15) is 23.2 Å². The molecule has 0 aliphatic carbocycles. The highest BCUT2D eigenvalue weighted by atomic mass is 19.1. The van der Waals surface area contributed by atoms with Gasteiger partial charge in [0, 0.05) is 29.6 Å². The topological polar surface area (TPSA) is 71.4 Å². The van der Waals surface area contributed by atoms with Gasteiger partial charge in [-0.25, -0.2) is 13.6 Å². The molecule has 0 radical (unpaired) electrons. The van der Waals surface area contributed by atoms with Crippen LogP contribution < -0.4 is 5.32 Å². The highest BCUT2D eigenvalue weighted by molar-refractivity contribution is 6.11. The minimum atomic E-state index is -1.79. The zero-order valence-corrected chi connectivity index (χ0v) is 15.4. The van der Waals surface area contributed by atoms with Gasteiger partial charge in [0.15, 0.2) is 5.78 Å². The number of hydrogen-bond acceptors (Lipinski definition) is 3. The molecule has 1 unspecified atom stereocenters. The SMILES string of the molecule is Cc1cc(C(=O)CN2C(=O)NC(C)(c3cc(F)ccc3F)C2=O)c(C)n1C. The second kappa shape index (κ2) is 6.29. The predicted molar refractivity (Wildman–Crippen MR) is 93.2 cm³/mol. The Hall–Kier alpha value is -3.03. The molecule has 1 aliphatic heterocycles. The molecule has 1 aromatic carbocycles. The van der Waals surface area contributed by atoms with Gasteiger partial charge in [0.2, 0.25) is 0 Å². The first kappa shape index (κ1) is 18.8. The number of hydrogen-bond donors (Lipinski definition) is 1. The average molecular weight is 375 g/mol. The maximum Gasteiger partial charge on any atom is 0.325 e. The van der Waals surface area contributed by atoms with Gasteiger partial charge in [-0.3, -0.25) is 14.5 Å². The summed E-state index contributed by atoms with van der Waals surface area (Å²) < 4.78 is 29.5. The van der Waals surface area contributed by atoms with E-state index in [4.69, 9.17) is 0 Å². The fourth-order valence-corrected chi connectivity index (χ4v) is 3.27. The number of Topliss-reactive ketones (excluding diaryl/α,β-unsaturated/α-hetero) is 1. The lowest BCUT2D eigenvalue weighted by Crippen LogP contribution is -2.42. The molecule has 2 aromatic rings. The molecular weight excluding hydrogens is 356 g/mol. The molecule has 0 saturated carbocycles. The van der Waals surface area contributed by atoms with Gasteiger partial charge in [-0.05, 0) is 45.0 Å². The quantitative estimate of drug-likeness (QED) is 0.660. The van der Waals surface area contributed by atoms with Crippen molar-refractivity contribution < 1.29 is 23.2 Å². The third-order valence-electron chi connectivity index (χ3n) is 5.12. The van der Waals surface area contributed by atoms with Gasteiger partial charge in [0.25, 0.3) is 5.91 Å². The minimum absolute atomic E-state index is 0.289. The maximum absolute atomic E-state index is 14.2. The van der Waals surface area contributed by atoms with Crippen LogP contribution in [0, 0.1) is 25.5 Å². The summed E-state index contributed by atoms with van der Waals surface area (Å²) in [5.74, 6) is -2.78. The Labute approximate surface area is 154 Å². The van der Waals surface area contributed by atoms with Crippen molar-refractivity contribution in [1.82, 2.24) is 14.8 Å². The van der Waals surface area contributed by atoms with E-state index < -0.39 is 41.4 Å². The van der Waals surface area contributed by atoms with Crippen LogP contribution in [0.4, 0.5) is 13.6 Å². The van der Waals surface area contributed by atoms with E-state index in [1.54, 1.807) is 20.0 Å². The zero-order chi connectivity index (χ0) is 20.1. The third-order valence-corrected chi connectivity index (χ3v) is 5.12. The summed E-state index contributed by atoms with van der Waals surface area (Å²) in [5.41, 5.74) is -0.0996. The predicted octanol–water partition coefficient (Wildman–Crippen LogP) is 2.57. The first-order chi connectivity index (χ1) is 12.6. The molecule has 0 bridgehead atoms. The third kappa shape index (κ3) is 2.90. The Morgan fingerprint density at radius 3 is 2.44 bits per heavy atom. The number of nitrogens with one attached hydrogen (secondary N) is 1. The number of urea groups is 1. The standard InChI is InChI=1S/C19H19F2N3O3/c1-10-7-13(11(2)23(10)4)16(25)9-24-17(26)19(3,22-18(24)27)14-8-12(20)5-6-15(14)21/h5-8H,9H2,1-4H3,(H,22,27). The summed E-state index contributed by atoms with van der Waals surface area (Å²) in [6, 6.07) is 3.53. The van der Waals surface area contributed by atoms with Gasteiger partial charge in [-0.2, -0.15) is 0 Å². The number of imide groups is 1. The number of aromatic nitrogens is 1. The van der Waals surface area contributed by atoms with E-state index in [0.29, 0.717) is 11.3 Å². The second-order valence-corrected chi connectivity index (χ2v) is 6.84. The molecule has 3 rings (SSSR count). The number of nitrogens with zero attached hydrogens (tertiary/aromatic N) is 2. The molecule has 1 N–H and O–H groups in total. The van der Waals surface area contributed by atoms with E-state index in [2.05, 4.69) is 5.32 Å². The number of carbonyl (C=O) groups is 3. The van der Waals surface area contributed by atoms with Crippen LogP contribution in [0.2, 0.25) is 0 Å². The lowest BCUT2D eigenvalue weighted by Gasteiger charge is -2.22. The minimum Gasteiger partial charge on any atom is -0.351 e. The van der Waals surface area contributed by atoms with Crippen molar-refractivity contribution in [2.45, 2.75) is 26.3 Å². The van der Waals surface area contributed by atoms with Crippen LogP contribution in [0.5, 0.6) is 0 Å². The zero-order valence-electron chi connectivity index (χ0n) is 15.4. The lowest BCUT2D eigenvalue weighted by molar-refractivity contribution is -0.130. The summed E-state index contributed by atoms with van der Waals surface area (Å²) in [5, 5.41) is 2.38. The van der Waals surface area contributed by atoms with Gasteiger partial charge in [-0.15, -0.1) is 0 Å². The van der Waals surface area contributed by atoms with Crippen molar-refractivity contribution in [3.05, 3.63) is 58.4 Å². The molecule has 3 amide bonds. The van der Waals surface area contributed by atoms with Crippen LogP contribution in [0.25, 0.3) is 0 Å². The van der Waals surface area contributed by atoms with E-state index >= 15 is 0 Å². The largest absolute Gasteiger partial charge is 0.351 e. The van der Waals surface area contributed by atoms with Crippen LogP contribution in [-0.4, -0.2) is 33.7 Å². The molecule has 27 heavy (non-hydrogen) atoms. The number of carbonyl (C=O) groups excluding carboxylic acids is 3. The number of amides is 3. The van der Waals surface area contributed by atoms with Crippen molar-refractivity contribution in [2.24, 2.45) is 7.05 Å². The highest BCUT2D eigenvalue weighted by Gasteiger charge is 2.51. The van der Waals surface area contributed by atoms with Crippen molar-refractivity contribution in [3.8, 4) is 0 Å². The molecule has 8 heteroatoms. The lowest BCUT2D eigenvalue weighted by atomic mass is 9.91. The maximum atomic E-state index is 14.2. The van der Waals surface area contributed by atoms with Crippen LogP contribution in [-0.2, 0) is 17.4 Å². The van der Waals surface area contributed by atoms with Gasteiger partial charge < -0.3 is 9.88 Å². The number of ketones is 1. The molecule has 1 atom stereocenters. The summed E-state index contributed by atoms with van der Waals surface area (Å²) in [4.78, 5) is 38.5. The van der Waals surface area contributed by atoms with Crippen molar-refractivity contribution in [2.75, 3.05) is 6.54 Å². The van der Waals surface area contributed by atoms with Crippen LogP contribution in [0.1, 0.15) is 34.2 Å². The Morgan fingerprint density at radius 1 is 1.19 bits per heavy atom.